The van der Waals surface area contributed by atoms with Gasteiger partial charge in [-0.25, -0.2) is 4.98 Å². The lowest BCUT2D eigenvalue weighted by molar-refractivity contribution is 0.153. The van der Waals surface area contributed by atoms with Crippen molar-refractivity contribution in [3.63, 3.8) is 0 Å². The fourth-order valence-corrected chi connectivity index (χ4v) is 2.14. The van der Waals surface area contributed by atoms with E-state index in [0.717, 1.165) is 44.8 Å². The van der Waals surface area contributed by atoms with Crippen molar-refractivity contribution in [2.24, 2.45) is 0 Å². The van der Waals surface area contributed by atoms with E-state index in [1.165, 1.54) is 5.57 Å². The van der Waals surface area contributed by atoms with Crippen LogP contribution in [0.25, 0.3) is 0 Å². The summed E-state index contributed by atoms with van der Waals surface area (Å²) in [6.45, 7) is 3.59. The van der Waals surface area contributed by atoms with Crippen LogP contribution in [-0.2, 0) is 11.3 Å². The Morgan fingerprint density at radius 3 is 3.27 bits per heavy atom. The number of rotatable bonds is 5. The first kappa shape index (κ1) is 10.8. The summed E-state index contributed by atoms with van der Waals surface area (Å²) in [5, 5.41) is 5.48. The zero-order valence-corrected chi connectivity index (χ0v) is 9.55. The molecule has 0 spiro atoms. The third-order valence-electron chi connectivity index (χ3n) is 2.47. The smallest absolute Gasteiger partial charge is 0.0795 e. The normalized spacial score (nSPS) is 16.4. The molecule has 0 amide bonds. The molecule has 4 heteroatoms. The van der Waals surface area contributed by atoms with Crippen molar-refractivity contribution in [3.05, 3.63) is 28.2 Å². The van der Waals surface area contributed by atoms with E-state index in [1.54, 1.807) is 11.3 Å². The molecule has 1 aliphatic rings. The maximum atomic E-state index is 5.26. The van der Waals surface area contributed by atoms with E-state index in [0.29, 0.717) is 0 Å². The number of nitrogens with one attached hydrogen (secondary N) is 1. The molecule has 1 aromatic rings. The zero-order valence-electron chi connectivity index (χ0n) is 8.74. The molecule has 0 radical (unpaired) electrons. The monoisotopic (exact) mass is 224 g/mol. The Morgan fingerprint density at radius 1 is 1.53 bits per heavy atom. The molecule has 2 rings (SSSR count). The lowest BCUT2D eigenvalue weighted by Crippen LogP contribution is -2.16. The number of nitrogens with zero attached hydrogens (tertiary/aromatic N) is 1. The fourth-order valence-electron chi connectivity index (χ4n) is 1.58. The van der Waals surface area contributed by atoms with Gasteiger partial charge in [-0.3, -0.25) is 0 Å². The van der Waals surface area contributed by atoms with E-state index in [2.05, 4.69) is 21.8 Å². The van der Waals surface area contributed by atoms with Crippen LogP contribution in [0, 0.1) is 0 Å². The molecule has 0 fully saturated rings. The van der Waals surface area contributed by atoms with E-state index in [9.17, 15) is 0 Å². The van der Waals surface area contributed by atoms with Crippen molar-refractivity contribution < 1.29 is 4.74 Å². The topological polar surface area (TPSA) is 34.2 Å². The third kappa shape index (κ3) is 3.74. The third-order valence-corrected chi connectivity index (χ3v) is 3.11. The Hall–Kier alpha value is -0.710. The van der Waals surface area contributed by atoms with Crippen LogP contribution in [0.5, 0.6) is 0 Å². The summed E-state index contributed by atoms with van der Waals surface area (Å²) in [7, 11) is 0. The van der Waals surface area contributed by atoms with Crippen LogP contribution in [0.2, 0.25) is 0 Å². The van der Waals surface area contributed by atoms with E-state index in [1.807, 2.05) is 5.51 Å². The van der Waals surface area contributed by atoms with Gasteiger partial charge in [-0.2, -0.15) is 0 Å². The maximum Gasteiger partial charge on any atom is 0.0795 e. The number of hydrogen-bond acceptors (Lipinski definition) is 4. The second-order valence-electron chi connectivity index (χ2n) is 3.59. The van der Waals surface area contributed by atoms with Gasteiger partial charge in [0.15, 0.2) is 0 Å². The predicted octanol–water partition coefficient (Wildman–Crippen LogP) is 1.97. The molecule has 0 bridgehead atoms. The molecule has 0 aliphatic carbocycles. The number of aromatic nitrogens is 1. The lowest BCUT2D eigenvalue weighted by Gasteiger charge is -2.13. The van der Waals surface area contributed by atoms with Gasteiger partial charge in [0.25, 0.3) is 0 Å². The standard InChI is InChI=1S/C11H16N2OS/c1(10-2-5-14-6-3-10)4-12-7-11-8-15-9-13-11/h2,8-9,12H,1,3-7H2. The quantitative estimate of drug-likeness (QED) is 0.613. The summed E-state index contributed by atoms with van der Waals surface area (Å²) >= 11 is 1.65. The number of hydrogen-bond donors (Lipinski definition) is 1. The Bertz CT molecular complexity index is 308. The molecule has 0 saturated heterocycles. The van der Waals surface area contributed by atoms with Gasteiger partial charge in [-0.15, -0.1) is 11.3 Å². The van der Waals surface area contributed by atoms with Crippen LogP contribution in [0.15, 0.2) is 22.5 Å². The fraction of sp³-hybridized carbons (Fsp3) is 0.545. The minimum Gasteiger partial charge on any atom is -0.377 e. The average Bonchev–Trinajstić information content (AvgIpc) is 2.79. The van der Waals surface area contributed by atoms with Crippen molar-refractivity contribution in [2.45, 2.75) is 19.4 Å². The highest BCUT2D eigenvalue weighted by molar-refractivity contribution is 7.07. The molecular formula is C11H16N2OS. The maximum absolute atomic E-state index is 5.26. The second-order valence-corrected chi connectivity index (χ2v) is 4.31. The largest absolute Gasteiger partial charge is 0.377 e. The van der Waals surface area contributed by atoms with Crippen molar-refractivity contribution in [1.29, 1.82) is 0 Å². The van der Waals surface area contributed by atoms with E-state index in [4.69, 9.17) is 4.74 Å². The average molecular weight is 224 g/mol. The highest BCUT2D eigenvalue weighted by Crippen LogP contribution is 2.10. The Labute approximate surface area is 94.2 Å². The van der Waals surface area contributed by atoms with Gasteiger partial charge in [0.05, 0.1) is 24.4 Å². The molecule has 1 aromatic heterocycles. The first-order chi connectivity index (χ1) is 7.45. The van der Waals surface area contributed by atoms with Crippen LogP contribution in [0.4, 0.5) is 0 Å². The Morgan fingerprint density at radius 2 is 2.53 bits per heavy atom. The first-order valence-electron chi connectivity index (χ1n) is 5.28. The molecule has 0 unspecified atom stereocenters. The molecule has 82 valence electrons. The van der Waals surface area contributed by atoms with Gasteiger partial charge in [0.1, 0.15) is 0 Å². The van der Waals surface area contributed by atoms with E-state index in [-0.39, 0.29) is 0 Å². The van der Waals surface area contributed by atoms with Crippen molar-refractivity contribution >= 4 is 11.3 Å². The summed E-state index contributed by atoms with van der Waals surface area (Å²) in [6.07, 6.45) is 4.43. The van der Waals surface area contributed by atoms with Gasteiger partial charge in [0, 0.05) is 11.9 Å². The zero-order chi connectivity index (χ0) is 10.3. The summed E-state index contributed by atoms with van der Waals surface area (Å²) in [5.41, 5.74) is 4.53. The molecule has 3 nitrogen and oxygen atoms in total. The highest BCUT2D eigenvalue weighted by atomic mass is 32.1. The van der Waals surface area contributed by atoms with Crippen LogP contribution in [0.1, 0.15) is 18.5 Å². The molecule has 0 aromatic carbocycles. The van der Waals surface area contributed by atoms with Gasteiger partial charge in [-0.05, 0) is 19.4 Å². The Kier molecular flexibility index (Phi) is 4.32. The molecule has 15 heavy (non-hydrogen) atoms. The minimum atomic E-state index is 0.793. The summed E-state index contributed by atoms with van der Waals surface area (Å²) < 4.78 is 5.26. The summed E-state index contributed by atoms with van der Waals surface area (Å²) in [6, 6.07) is 0. The van der Waals surface area contributed by atoms with Crippen LogP contribution < -0.4 is 5.32 Å². The SMILES string of the molecule is C1=C(CCNCc2cscn2)CCOC1. The van der Waals surface area contributed by atoms with Crippen molar-refractivity contribution in [3.8, 4) is 0 Å². The van der Waals surface area contributed by atoms with Crippen LogP contribution >= 0.6 is 11.3 Å². The molecule has 1 aliphatic heterocycles. The minimum absolute atomic E-state index is 0.793. The number of ether oxygens (including phenoxy) is 1. The highest BCUT2D eigenvalue weighted by Gasteiger charge is 2.02. The summed E-state index contributed by atoms with van der Waals surface area (Å²) in [5.74, 6) is 0. The van der Waals surface area contributed by atoms with E-state index < -0.39 is 0 Å². The Balaban J connectivity index is 1.60. The second kappa shape index (κ2) is 6.00. The van der Waals surface area contributed by atoms with Gasteiger partial charge >= 0.3 is 0 Å². The van der Waals surface area contributed by atoms with E-state index >= 15 is 0 Å². The number of thiazole rings is 1. The van der Waals surface area contributed by atoms with Gasteiger partial charge in [-0.1, -0.05) is 11.6 Å². The lowest BCUT2D eigenvalue weighted by atomic mass is 10.1. The van der Waals surface area contributed by atoms with Crippen molar-refractivity contribution in [2.75, 3.05) is 19.8 Å². The van der Waals surface area contributed by atoms with Crippen LogP contribution in [0.3, 0.4) is 0 Å². The molecule has 0 atom stereocenters. The first-order valence-corrected chi connectivity index (χ1v) is 6.23. The predicted molar refractivity (Wildman–Crippen MR) is 62.0 cm³/mol. The van der Waals surface area contributed by atoms with Crippen molar-refractivity contribution in [1.82, 2.24) is 10.3 Å². The molecule has 0 saturated carbocycles. The van der Waals surface area contributed by atoms with Gasteiger partial charge in [0.2, 0.25) is 0 Å². The molecular weight excluding hydrogens is 208 g/mol. The molecule has 1 N–H and O–H groups in total. The summed E-state index contributed by atoms with van der Waals surface area (Å²) in [4.78, 5) is 4.22. The van der Waals surface area contributed by atoms with Gasteiger partial charge < -0.3 is 10.1 Å². The molecule has 2 heterocycles. The van der Waals surface area contributed by atoms with Crippen LogP contribution in [-0.4, -0.2) is 24.7 Å².